The Kier molecular flexibility index (Phi) is 5.31. The summed E-state index contributed by atoms with van der Waals surface area (Å²) in [6.45, 7) is 4.98. The Bertz CT molecular complexity index is 619. The molecule has 0 unspecified atom stereocenters. The second-order valence-electron chi connectivity index (χ2n) is 5.49. The number of aromatic nitrogens is 3. The van der Waals surface area contributed by atoms with Crippen LogP contribution in [-0.2, 0) is 17.8 Å². The predicted octanol–water partition coefficient (Wildman–Crippen LogP) is 3.34. The van der Waals surface area contributed by atoms with Crippen LogP contribution >= 0.6 is 0 Å². The Morgan fingerprint density at radius 2 is 2.14 bits per heavy atom. The van der Waals surface area contributed by atoms with E-state index in [0.717, 1.165) is 54.8 Å². The van der Waals surface area contributed by atoms with Gasteiger partial charge in [-0.1, -0.05) is 13.3 Å². The number of aliphatic carboxylic acids is 1. The molecule has 5 heteroatoms. The fourth-order valence-corrected chi connectivity index (χ4v) is 2.47. The lowest BCUT2D eigenvalue weighted by Crippen LogP contribution is -2.06. The quantitative estimate of drug-likeness (QED) is 0.757. The summed E-state index contributed by atoms with van der Waals surface area (Å²) in [5, 5.41) is 8.71. The Labute approximate surface area is 125 Å². The maximum absolute atomic E-state index is 10.6. The molecule has 0 spiro atoms. The Balaban J connectivity index is 2.18. The second kappa shape index (κ2) is 7.20. The van der Waals surface area contributed by atoms with Gasteiger partial charge in [0.2, 0.25) is 0 Å². The van der Waals surface area contributed by atoms with E-state index < -0.39 is 5.97 Å². The summed E-state index contributed by atoms with van der Waals surface area (Å²) < 4.78 is 2.16. The molecule has 2 rings (SSSR count). The molecule has 0 amide bonds. The van der Waals surface area contributed by atoms with Gasteiger partial charge in [-0.25, -0.2) is 9.97 Å². The fraction of sp³-hybridized carbons (Fsp3) is 0.562. The third kappa shape index (κ3) is 4.03. The van der Waals surface area contributed by atoms with Gasteiger partial charge in [0.05, 0.1) is 0 Å². The average Bonchev–Trinajstić information content (AvgIpc) is 2.78. The van der Waals surface area contributed by atoms with Crippen LogP contribution in [0.4, 0.5) is 0 Å². The van der Waals surface area contributed by atoms with Crippen molar-refractivity contribution >= 4 is 17.1 Å². The average molecular weight is 289 g/mol. The summed E-state index contributed by atoms with van der Waals surface area (Å²) in [7, 11) is 0. The second-order valence-corrected chi connectivity index (χ2v) is 5.49. The molecular weight excluding hydrogens is 266 g/mol. The molecule has 0 aliphatic carbocycles. The van der Waals surface area contributed by atoms with E-state index in [9.17, 15) is 4.79 Å². The number of aryl methyl sites for hydroxylation is 3. The standard InChI is InChI=1S/C16H23N3O2/c1-3-4-7-14-18-13-10-12(2)11-17-16(13)19(14)9-6-5-8-15(20)21/h10-11H,3-9H2,1-2H3,(H,20,21). The molecule has 0 aliphatic rings. The zero-order chi connectivity index (χ0) is 15.2. The molecule has 0 radical (unpaired) electrons. The summed E-state index contributed by atoms with van der Waals surface area (Å²) in [6.07, 6.45) is 6.81. The van der Waals surface area contributed by atoms with Crippen molar-refractivity contribution in [2.75, 3.05) is 0 Å². The first-order chi connectivity index (χ1) is 10.1. The number of nitrogens with zero attached hydrogens (tertiary/aromatic N) is 3. The van der Waals surface area contributed by atoms with Gasteiger partial charge in [0, 0.05) is 25.6 Å². The first-order valence-electron chi connectivity index (χ1n) is 7.65. The van der Waals surface area contributed by atoms with Gasteiger partial charge in [-0.05, 0) is 37.8 Å². The van der Waals surface area contributed by atoms with E-state index in [1.807, 2.05) is 13.1 Å². The molecule has 0 fully saturated rings. The zero-order valence-corrected chi connectivity index (χ0v) is 12.8. The van der Waals surface area contributed by atoms with Crippen molar-refractivity contribution in [2.45, 2.75) is 58.9 Å². The number of carbonyl (C=O) groups is 1. The maximum atomic E-state index is 10.6. The minimum Gasteiger partial charge on any atom is -0.481 e. The molecule has 0 bridgehead atoms. The topological polar surface area (TPSA) is 68.0 Å². The van der Waals surface area contributed by atoms with Crippen LogP contribution in [0, 0.1) is 6.92 Å². The SMILES string of the molecule is CCCCc1nc2cc(C)cnc2n1CCCCC(=O)O. The monoisotopic (exact) mass is 289 g/mol. The molecule has 0 aromatic carbocycles. The van der Waals surface area contributed by atoms with Crippen molar-refractivity contribution in [3.8, 4) is 0 Å². The highest BCUT2D eigenvalue weighted by atomic mass is 16.4. The smallest absolute Gasteiger partial charge is 0.303 e. The number of unbranched alkanes of at least 4 members (excludes halogenated alkanes) is 2. The zero-order valence-electron chi connectivity index (χ0n) is 12.8. The van der Waals surface area contributed by atoms with E-state index >= 15 is 0 Å². The largest absolute Gasteiger partial charge is 0.481 e. The van der Waals surface area contributed by atoms with Crippen molar-refractivity contribution < 1.29 is 9.90 Å². The van der Waals surface area contributed by atoms with Crippen LogP contribution in [0.5, 0.6) is 0 Å². The van der Waals surface area contributed by atoms with Crippen LogP contribution in [0.15, 0.2) is 12.3 Å². The molecule has 21 heavy (non-hydrogen) atoms. The molecule has 1 N–H and O–H groups in total. The van der Waals surface area contributed by atoms with Crippen LogP contribution in [-0.4, -0.2) is 25.6 Å². The molecule has 5 nitrogen and oxygen atoms in total. The fourth-order valence-electron chi connectivity index (χ4n) is 2.47. The van der Waals surface area contributed by atoms with Crippen molar-refractivity contribution in [1.82, 2.24) is 14.5 Å². The lowest BCUT2D eigenvalue weighted by Gasteiger charge is -2.08. The predicted molar refractivity (Wildman–Crippen MR) is 82.4 cm³/mol. The lowest BCUT2D eigenvalue weighted by molar-refractivity contribution is -0.137. The number of fused-ring (bicyclic) bond motifs is 1. The number of hydrogen-bond acceptors (Lipinski definition) is 3. The van der Waals surface area contributed by atoms with Crippen LogP contribution in [0.25, 0.3) is 11.2 Å². The van der Waals surface area contributed by atoms with Crippen LogP contribution in [0.1, 0.15) is 50.4 Å². The Hall–Kier alpha value is -1.91. The molecule has 114 valence electrons. The van der Waals surface area contributed by atoms with Gasteiger partial charge in [0.15, 0.2) is 5.65 Å². The number of carboxylic acid groups (broad SMARTS) is 1. The molecular formula is C16H23N3O2. The molecule has 2 heterocycles. The number of carboxylic acids is 1. The highest BCUT2D eigenvalue weighted by Crippen LogP contribution is 2.18. The summed E-state index contributed by atoms with van der Waals surface area (Å²) in [5.74, 6) is 0.339. The van der Waals surface area contributed by atoms with Gasteiger partial charge in [0.25, 0.3) is 0 Å². The highest BCUT2D eigenvalue weighted by molar-refractivity contribution is 5.72. The minimum atomic E-state index is -0.731. The van der Waals surface area contributed by atoms with Crippen molar-refractivity contribution in [3.63, 3.8) is 0 Å². The third-order valence-corrected chi connectivity index (χ3v) is 3.58. The number of imidazole rings is 1. The van der Waals surface area contributed by atoms with Gasteiger partial charge in [-0.2, -0.15) is 0 Å². The summed E-state index contributed by atoms with van der Waals surface area (Å²) >= 11 is 0. The van der Waals surface area contributed by atoms with Crippen molar-refractivity contribution in [1.29, 1.82) is 0 Å². The molecule has 0 saturated carbocycles. The Morgan fingerprint density at radius 3 is 2.86 bits per heavy atom. The van der Waals surface area contributed by atoms with E-state index in [1.165, 1.54) is 0 Å². The van der Waals surface area contributed by atoms with E-state index in [0.29, 0.717) is 6.42 Å². The van der Waals surface area contributed by atoms with Gasteiger partial charge in [0.1, 0.15) is 11.3 Å². The van der Waals surface area contributed by atoms with E-state index in [-0.39, 0.29) is 6.42 Å². The number of rotatable bonds is 8. The highest BCUT2D eigenvalue weighted by Gasteiger charge is 2.11. The van der Waals surface area contributed by atoms with Crippen LogP contribution < -0.4 is 0 Å². The normalized spacial score (nSPS) is 11.1. The number of pyridine rings is 1. The minimum absolute atomic E-state index is 0.226. The van der Waals surface area contributed by atoms with Gasteiger partial charge >= 0.3 is 5.97 Å². The van der Waals surface area contributed by atoms with Gasteiger partial charge < -0.3 is 9.67 Å². The molecule has 0 aliphatic heterocycles. The first-order valence-corrected chi connectivity index (χ1v) is 7.65. The number of hydrogen-bond donors (Lipinski definition) is 1. The maximum Gasteiger partial charge on any atom is 0.303 e. The summed E-state index contributed by atoms with van der Waals surface area (Å²) in [4.78, 5) is 19.8. The molecule has 0 saturated heterocycles. The third-order valence-electron chi connectivity index (χ3n) is 3.58. The summed E-state index contributed by atoms with van der Waals surface area (Å²) in [6, 6.07) is 2.06. The van der Waals surface area contributed by atoms with Crippen LogP contribution in [0.3, 0.4) is 0 Å². The van der Waals surface area contributed by atoms with Crippen LogP contribution in [0.2, 0.25) is 0 Å². The summed E-state index contributed by atoms with van der Waals surface area (Å²) in [5.41, 5.74) is 2.97. The Morgan fingerprint density at radius 1 is 1.33 bits per heavy atom. The van der Waals surface area contributed by atoms with E-state index in [4.69, 9.17) is 10.1 Å². The van der Waals surface area contributed by atoms with E-state index in [1.54, 1.807) is 0 Å². The lowest BCUT2D eigenvalue weighted by atomic mass is 10.2. The first kappa shape index (κ1) is 15.5. The van der Waals surface area contributed by atoms with Crippen molar-refractivity contribution in [3.05, 3.63) is 23.7 Å². The van der Waals surface area contributed by atoms with Gasteiger partial charge in [-0.15, -0.1) is 0 Å². The van der Waals surface area contributed by atoms with Crippen molar-refractivity contribution in [2.24, 2.45) is 0 Å². The van der Waals surface area contributed by atoms with E-state index in [2.05, 4.69) is 22.5 Å². The molecule has 2 aromatic rings. The molecule has 0 atom stereocenters. The molecule has 2 aromatic heterocycles. The van der Waals surface area contributed by atoms with Gasteiger partial charge in [-0.3, -0.25) is 4.79 Å².